The third kappa shape index (κ3) is 1.98. The van der Waals surface area contributed by atoms with Gasteiger partial charge in [0.1, 0.15) is 11.3 Å². The summed E-state index contributed by atoms with van der Waals surface area (Å²) in [4.78, 5) is 4.22. The molecule has 0 atom stereocenters. The fraction of sp³-hybridized carbons (Fsp3) is 0. The van der Waals surface area contributed by atoms with Gasteiger partial charge in [-0.25, -0.2) is 4.39 Å². The van der Waals surface area contributed by atoms with Crippen LogP contribution < -0.4 is 11.1 Å². The van der Waals surface area contributed by atoms with E-state index in [1.54, 1.807) is 30.3 Å². The number of hydrogen-bond donors (Lipinski definition) is 2. The molecule has 90 valence electrons. The van der Waals surface area contributed by atoms with Gasteiger partial charge in [0.15, 0.2) is 5.58 Å². The molecule has 0 aliphatic rings. The van der Waals surface area contributed by atoms with E-state index in [2.05, 4.69) is 10.3 Å². The molecule has 3 rings (SSSR count). The zero-order valence-electron chi connectivity index (χ0n) is 9.35. The summed E-state index contributed by atoms with van der Waals surface area (Å²) in [6.45, 7) is 0. The quantitative estimate of drug-likeness (QED) is 0.678. The molecule has 1 aromatic heterocycles. The lowest BCUT2D eigenvalue weighted by Crippen LogP contribution is -1.90. The van der Waals surface area contributed by atoms with Gasteiger partial charge in [-0.3, -0.25) is 0 Å². The van der Waals surface area contributed by atoms with Gasteiger partial charge >= 0.3 is 0 Å². The number of rotatable bonds is 2. The van der Waals surface area contributed by atoms with Crippen LogP contribution in [-0.4, -0.2) is 4.98 Å². The van der Waals surface area contributed by atoms with Gasteiger partial charge in [-0.2, -0.15) is 4.98 Å². The summed E-state index contributed by atoms with van der Waals surface area (Å²) < 4.78 is 18.5. The van der Waals surface area contributed by atoms with Crippen molar-refractivity contribution >= 4 is 28.5 Å². The van der Waals surface area contributed by atoms with Crippen LogP contribution in [0, 0.1) is 5.82 Å². The van der Waals surface area contributed by atoms with Gasteiger partial charge in [-0.1, -0.05) is 6.07 Å². The molecule has 3 N–H and O–H groups in total. The number of hydrogen-bond acceptors (Lipinski definition) is 4. The maximum absolute atomic E-state index is 13.0. The molecule has 0 radical (unpaired) electrons. The highest BCUT2D eigenvalue weighted by Crippen LogP contribution is 2.23. The Balaban J connectivity index is 1.95. The average Bonchev–Trinajstić information content (AvgIpc) is 2.70. The first-order valence-electron chi connectivity index (χ1n) is 5.39. The molecule has 0 saturated carbocycles. The number of nitrogens with two attached hydrogens (primary N) is 1. The van der Waals surface area contributed by atoms with Crippen molar-refractivity contribution in [2.45, 2.75) is 0 Å². The Hall–Kier alpha value is -2.56. The second-order valence-corrected chi connectivity index (χ2v) is 3.88. The summed E-state index contributed by atoms with van der Waals surface area (Å²) in [7, 11) is 0. The van der Waals surface area contributed by atoms with E-state index < -0.39 is 0 Å². The number of benzene rings is 2. The van der Waals surface area contributed by atoms with Crippen LogP contribution in [0.15, 0.2) is 46.9 Å². The van der Waals surface area contributed by atoms with E-state index >= 15 is 0 Å². The van der Waals surface area contributed by atoms with Gasteiger partial charge in [0.05, 0.1) is 0 Å². The molecule has 18 heavy (non-hydrogen) atoms. The molecule has 1 heterocycles. The summed E-state index contributed by atoms with van der Waals surface area (Å²) in [5, 5.41) is 2.90. The van der Waals surface area contributed by atoms with Gasteiger partial charge in [-0.05, 0) is 30.3 Å². The van der Waals surface area contributed by atoms with Crippen molar-refractivity contribution in [2.24, 2.45) is 0 Å². The van der Waals surface area contributed by atoms with Crippen molar-refractivity contribution in [3.8, 4) is 0 Å². The van der Waals surface area contributed by atoms with Crippen LogP contribution in [0.4, 0.5) is 21.8 Å². The molecule has 4 nitrogen and oxygen atoms in total. The summed E-state index contributed by atoms with van der Waals surface area (Å²) in [6.07, 6.45) is 0. The van der Waals surface area contributed by atoms with Crippen LogP contribution in [0.2, 0.25) is 0 Å². The number of nitrogen functional groups attached to an aromatic ring is 1. The fourth-order valence-electron chi connectivity index (χ4n) is 1.68. The van der Waals surface area contributed by atoms with E-state index in [1.807, 2.05) is 0 Å². The molecule has 0 aliphatic carbocycles. The van der Waals surface area contributed by atoms with Gasteiger partial charge in [0.2, 0.25) is 0 Å². The van der Waals surface area contributed by atoms with Crippen LogP contribution in [0.1, 0.15) is 0 Å². The molecule has 0 bridgehead atoms. The fourth-order valence-corrected chi connectivity index (χ4v) is 1.68. The lowest BCUT2D eigenvalue weighted by Gasteiger charge is -2.00. The van der Waals surface area contributed by atoms with E-state index in [0.29, 0.717) is 28.5 Å². The summed E-state index contributed by atoms with van der Waals surface area (Å²) >= 11 is 0. The average molecular weight is 243 g/mol. The van der Waals surface area contributed by atoms with E-state index in [0.717, 1.165) is 0 Å². The van der Waals surface area contributed by atoms with Crippen LogP contribution in [0.25, 0.3) is 11.1 Å². The number of oxazole rings is 1. The summed E-state index contributed by atoms with van der Waals surface area (Å²) in [5.74, 6) is -0.319. The summed E-state index contributed by atoms with van der Waals surface area (Å²) in [6, 6.07) is 11.6. The van der Waals surface area contributed by atoms with E-state index in [4.69, 9.17) is 10.2 Å². The zero-order chi connectivity index (χ0) is 12.5. The standard InChI is InChI=1S/C13H10FN3O/c14-8-2-1-3-10(6-8)16-13-17-11-5-4-9(15)7-12(11)18-13/h1-7H,15H2,(H,16,17). The molecular formula is C13H10FN3O. The first-order valence-corrected chi connectivity index (χ1v) is 5.39. The van der Waals surface area contributed by atoms with E-state index in [1.165, 1.54) is 12.1 Å². The molecule has 0 amide bonds. The van der Waals surface area contributed by atoms with Crippen LogP contribution in [0.3, 0.4) is 0 Å². The highest BCUT2D eigenvalue weighted by molar-refractivity contribution is 5.78. The van der Waals surface area contributed by atoms with Gasteiger partial charge in [0.25, 0.3) is 6.01 Å². The Morgan fingerprint density at radius 3 is 2.89 bits per heavy atom. The number of nitrogens with zero attached hydrogens (tertiary/aromatic N) is 1. The number of nitrogens with one attached hydrogen (secondary N) is 1. The van der Waals surface area contributed by atoms with Crippen molar-refractivity contribution in [1.29, 1.82) is 0 Å². The Bertz CT molecular complexity index is 708. The van der Waals surface area contributed by atoms with Crippen molar-refractivity contribution in [3.05, 3.63) is 48.3 Å². The molecule has 0 unspecified atom stereocenters. The van der Waals surface area contributed by atoms with Crippen molar-refractivity contribution in [3.63, 3.8) is 0 Å². The molecular weight excluding hydrogens is 233 g/mol. The number of halogens is 1. The molecule has 2 aromatic carbocycles. The molecule has 5 heteroatoms. The molecule has 0 saturated heterocycles. The Kier molecular flexibility index (Phi) is 2.37. The summed E-state index contributed by atoms with van der Waals surface area (Å²) in [5.41, 5.74) is 8.12. The topological polar surface area (TPSA) is 64.1 Å². The first-order chi connectivity index (χ1) is 8.70. The SMILES string of the molecule is Nc1ccc2nc(Nc3cccc(F)c3)oc2c1. The highest BCUT2D eigenvalue weighted by Gasteiger charge is 2.06. The molecule has 0 fully saturated rings. The van der Waals surface area contributed by atoms with Crippen LogP contribution in [0.5, 0.6) is 0 Å². The Morgan fingerprint density at radius 2 is 2.06 bits per heavy atom. The van der Waals surface area contributed by atoms with E-state index in [-0.39, 0.29) is 5.82 Å². The minimum absolute atomic E-state index is 0.307. The van der Waals surface area contributed by atoms with Gasteiger partial charge < -0.3 is 15.5 Å². The maximum atomic E-state index is 13.0. The van der Waals surface area contributed by atoms with Gasteiger partial charge in [0, 0.05) is 17.4 Å². The van der Waals surface area contributed by atoms with Gasteiger partial charge in [-0.15, -0.1) is 0 Å². The first kappa shape index (κ1) is 10.6. The maximum Gasteiger partial charge on any atom is 0.300 e. The molecule has 3 aromatic rings. The minimum atomic E-state index is -0.319. The minimum Gasteiger partial charge on any atom is -0.423 e. The van der Waals surface area contributed by atoms with Crippen molar-refractivity contribution in [1.82, 2.24) is 4.98 Å². The second kappa shape index (κ2) is 4.03. The van der Waals surface area contributed by atoms with E-state index in [9.17, 15) is 4.39 Å². The molecule has 0 aliphatic heterocycles. The van der Waals surface area contributed by atoms with Crippen LogP contribution in [-0.2, 0) is 0 Å². The largest absolute Gasteiger partial charge is 0.423 e. The smallest absolute Gasteiger partial charge is 0.300 e. The Labute approximate surface area is 102 Å². The third-order valence-electron chi connectivity index (χ3n) is 2.49. The van der Waals surface area contributed by atoms with Crippen LogP contribution >= 0.6 is 0 Å². The predicted molar refractivity (Wildman–Crippen MR) is 68.1 cm³/mol. The monoisotopic (exact) mass is 243 g/mol. The lowest BCUT2D eigenvalue weighted by atomic mass is 10.3. The van der Waals surface area contributed by atoms with Crippen molar-refractivity contribution in [2.75, 3.05) is 11.1 Å². The van der Waals surface area contributed by atoms with Crippen molar-refractivity contribution < 1.29 is 8.81 Å². The molecule has 0 spiro atoms. The number of aromatic nitrogens is 1. The number of fused-ring (bicyclic) bond motifs is 1. The second-order valence-electron chi connectivity index (χ2n) is 3.88. The lowest BCUT2D eigenvalue weighted by molar-refractivity contribution is 0.620. The zero-order valence-corrected chi connectivity index (χ0v) is 9.35. The Morgan fingerprint density at radius 1 is 1.17 bits per heavy atom. The number of anilines is 3. The third-order valence-corrected chi connectivity index (χ3v) is 2.49. The highest BCUT2D eigenvalue weighted by atomic mass is 19.1. The normalized spacial score (nSPS) is 10.7. The predicted octanol–water partition coefficient (Wildman–Crippen LogP) is 3.29.